The molecule has 3 aromatic carbocycles. The van der Waals surface area contributed by atoms with Crippen molar-refractivity contribution in [3.8, 4) is 0 Å². The molecule has 37 heavy (non-hydrogen) atoms. The van der Waals surface area contributed by atoms with Crippen molar-refractivity contribution >= 4 is 46.7 Å². The minimum absolute atomic E-state index is 0.0117. The van der Waals surface area contributed by atoms with Crippen LogP contribution in [0, 0.1) is 10.1 Å². The number of imide groups is 1. The number of carbonyl (C=O) groups is 4. The number of rotatable bonds is 7. The van der Waals surface area contributed by atoms with Crippen LogP contribution in [0.4, 0.5) is 11.4 Å². The molecular weight excluding hydrogens is 502 g/mol. The molecule has 0 aromatic heterocycles. The number of esters is 1. The highest BCUT2D eigenvalue weighted by molar-refractivity contribution is 6.31. The predicted octanol–water partition coefficient (Wildman–Crippen LogP) is 4.01. The van der Waals surface area contributed by atoms with E-state index >= 15 is 0 Å². The molecular formula is C26H20ClN3O7. The quantitative estimate of drug-likeness (QED) is 0.199. The number of hydrogen-bond acceptors (Lipinski definition) is 7. The van der Waals surface area contributed by atoms with Crippen molar-refractivity contribution in [1.29, 1.82) is 0 Å². The molecule has 1 unspecified atom stereocenters. The number of nitro benzene ring substituents is 1. The van der Waals surface area contributed by atoms with Crippen LogP contribution < -0.4 is 4.90 Å². The molecule has 0 N–H and O–H groups in total. The van der Waals surface area contributed by atoms with Gasteiger partial charge in [-0.1, -0.05) is 35.9 Å². The smallest absolute Gasteiger partial charge is 0.337 e. The number of ether oxygens (including phenoxy) is 1. The number of non-ortho nitro benzene ring substituents is 1. The Kier molecular flexibility index (Phi) is 7.30. The Bertz CT molecular complexity index is 1410. The molecule has 1 saturated heterocycles. The molecule has 1 atom stereocenters. The number of nitro groups is 1. The van der Waals surface area contributed by atoms with E-state index in [1.807, 2.05) is 0 Å². The summed E-state index contributed by atoms with van der Waals surface area (Å²) >= 11 is 6.31. The zero-order chi connectivity index (χ0) is 26.7. The summed E-state index contributed by atoms with van der Waals surface area (Å²) in [6, 6.07) is 16.4. The lowest BCUT2D eigenvalue weighted by Crippen LogP contribution is -2.45. The number of nitrogens with zero attached hydrogens (tertiary/aromatic N) is 3. The largest absolute Gasteiger partial charge is 0.465 e. The van der Waals surface area contributed by atoms with Crippen LogP contribution in [0.3, 0.4) is 0 Å². The van der Waals surface area contributed by atoms with E-state index in [0.717, 1.165) is 11.0 Å². The monoisotopic (exact) mass is 521 g/mol. The van der Waals surface area contributed by atoms with Gasteiger partial charge in [-0.3, -0.25) is 24.5 Å². The molecule has 1 aliphatic rings. The zero-order valence-corrected chi connectivity index (χ0v) is 20.3. The second-order valence-electron chi connectivity index (χ2n) is 8.16. The molecule has 3 amide bonds. The molecule has 3 aromatic rings. The molecule has 188 valence electrons. The van der Waals surface area contributed by atoms with Crippen LogP contribution in [-0.2, 0) is 20.9 Å². The normalized spacial score (nSPS) is 15.0. The topological polar surface area (TPSA) is 127 Å². The lowest BCUT2D eigenvalue weighted by molar-refractivity contribution is -0.384. The Morgan fingerprint density at radius 1 is 1.05 bits per heavy atom. The van der Waals surface area contributed by atoms with Crippen molar-refractivity contribution in [1.82, 2.24) is 4.90 Å². The summed E-state index contributed by atoms with van der Waals surface area (Å²) in [5.41, 5.74) is 0.699. The van der Waals surface area contributed by atoms with Gasteiger partial charge in [0.1, 0.15) is 6.04 Å². The molecule has 0 bridgehead atoms. The van der Waals surface area contributed by atoms with Crippen molar-refractivity contribution in [3.63, 3.8) is 0 Å². The summed E-state index contributed by atoms with van der Waals surface area (Å²) in [7, 11) is 1.24. The number of halogens is 1. The fourth-order valence-electron chi connectivity index (χ4n) is 4.05. The summed E-state index contributed by atoms with van der Waals surface area (Å²) < 4.78 is 4.67. The van der Waals surface area contributed by atoms with Crippen molar-refractivity contribution < 1.29 is 28.8 Å². The molecule has 10 nitrogen and oxygen atoms in total. The highest BCUT2D eigenvalue weighted by atomic mass is 35.5. The van der Waals surface area contributed by atoms with Gasteiger partial charge >= 0.3 is 5.97 Å². The Morgan fingerprint density at radius 3 is 2.41 bits per heavy atom. The molecule has 0 radical (unpaired) electrons. The van der Waals surface area contributed by atoms with Gasteiger partial charge in [0.2, 0.25) is 5.91 Å². The highest BCUT2D eigenvalue weighted by Crippen LogP contribution is 2.30. The predicted molar refractivity (Wildman–Crippen MR) is 133 cm³/mol. The van der Waals surface area contributed by atoms with Crippen molar-refractivity contribution in [2.24, 2.45) is 0 Å². The van der Waals surface area contributed by atoms with E-state index in [-0.39, 0.29) is 35.5 Å². The molecule has 0 spiro atoms. The van der Waals surface area contributed by atoms with E-state index < -0.39 is 34.7 Å². The van der Waals surface area contributed by atoms with E-state index in [9.17, 15) is 29.3 Å². The zero-order valence-electron chi connectivity index (χ0n) is 19.5. The Morgan fingerprint density at radius 2 is 1.76 bits per heavy atom. The van der Waals surface area contributed by atoms with Gasteiger partial charge in [0.05, 0.1) is 29.7 Å². The average molecular weight is 522 g/mol. The van der Waals surface area contributed by atoms with E-state index in [2.05, 4.69) is 4.74 Å². The van der Waals surface area contributed by atoms with Crippen molar-refractivity contribution in [2.45, 2.75) is 19.0 Å². The molecule has 11 heteroatoms. The number of methoxy groups -OCH3 is 1. The minimum atomic E-state index is -1.18. The maximum absolute atomic E-state index is 13.6. The Balaban J connectivity index is 1.70. The fraction of sp³-hybridized carbons (Fsp3) is 0.154. The van der Waals surface area contributed by atoms with Crippen LogP contribution in [0.15, 0.2) is 72.8 Å². The summed E-state index contributed by atoms with van der Waals surface area (Å²) in [6.07, 6.45) is -0.303. The SMILES string of the molecule is COC(=O)c1ccc(N2C(=O)CC(N(Cc3ccccc3Cl)C(=O)c3cccc([N+](=O)[O-])c3)C2=O)cc1. The van der Waals surface area contributed by atoms with E-state index in [1.165, 1.54) is 54.5 Å². The second kappa shape index (κ2) is 10.6. The first-order chi connectivity index (χ1) is 17.7. The highest BCUT2D eigenvalue weighted by Gasteiger charge is 2.44. The van der Waals surface area contributed by atoms with Crippen LogP contribution in [0.5, 0.6) is 0 Å². The van der Waals surface area contributed by atoms with Crippen molar-refractivity contribution in [3.05, 3.63) is 105 Å². The van der Waals surface area contributed by atoms with Gasteiger partial charge < -0.3 is 9.64 Å². The van der Waals surface area contributed by atoms with E-state index in [0.29, 0.717) is 10.6 Å². The van der Waals surface area contributed by atoms with Crippen LogP contribution in [0.2, 0.25) is 5.02 Å². The average Bonchev–Trinajstić information content (AvgIpc) is 3.20. The molecule has 1 heterocycles. The number of hydrogen-bond donors (Lipinski definition) is 0. The van der Waals surface area contributed by atoms with Gasteiger partial charge in [0.25, 0.3) is 17.5 Å². The molecule has 0 saturated carbocycles. The second-order valence-corrected chi connectivity index (χ2v) is 8.56. The van der Waals surface area contributed by atoms with Crippen LogP contribution in [-0.4, -0.2) is 46.7 Å². The molecule has 4 rings (SSSR count). The molecule has 1 aliphatic heterocycles. The third-order valence-corrected chi connectivity index (χ3v) is 6.28. The van der Waals surface area contributed by atoms with Crippen LogP contribution >= 0.6 is 11.6 Å². The minimum Gasteiger partial charge on any atom is -0.465 e. The van der Waals surface area contributed by atoms with Crippen LogP contribution in [0.1, 0.15) is 32.7 Å². The Labute approximate surface area is 216 Å². The number of benzene rings is 3. The Hall–Kier alpha value is -4.57. The molecule has 0 aliphatic carbocycles. The first-order valence-corrected chi connectivity index (χ1v) is 11.4. The van der Waals surface area contributed by atoms with Crippen molar-refractivity contribution in [2.75, 3.05) is 12.0 Å². The maximum atomic E-state index is 13.6. The van der Waals surface area contributed by atoms with Gasteiger partial charge in [-0.25, -0.2) is 9.69 Å². The van der Waals surface area contributed by atoms with Gasteiger partial charge in [-0.2, -0.15) is 0 Å². The lowest BCUT2D eigenvalue weighted by Gasteiger charge is -2.28. The number of carbonyl (C=O) groups excluding carboxylic acids is 4. The summed E-state index contributed by atoms with van der Waals surface area (Å²) in [5, 5.41) is 11.6. The standard InChI is InChI=1S/C26H20ClN3O7/c1-37-26(34)16-9-11-19(12-10-16)29-23(31)14-22(25(29)33)28(15-18-5-2-3-8-21(18)27)24(32)17-6-4-7-20(13-17)30(35)36/h2-13,22H,14-15H2,1H3. The maximum Gasteiger partial charge on any atom is 0.337 e. The summed E-state index contributed by atoms with van der Waals surface area (Å²) in [6.45, 7) is -0.111. The van der Waals surface area contributed by atoms with Gasteiger partial charge in [0.15, 0.2) is 0 Å². The summed E-state index contributed by atoms with van der Waals surface area (Å²) in [5.74, 6) is -2.44. The third kappa shape index (κ3) is 5.19. The third-order valence-electron chi connectivity index (χ3n) is 5.91. The lowest BCUT2D eigenvalue weighted by atomic mass is 10.1. The molecule has 1 fully saturated rings. The van der Waals surface area contributed by atoms with Gasteiger partial charge in [-0.15, -0.1) is 0 Å². The van der Waals surface area contributed by atoms with Crippen LogP contribution in [0.25, 0.3) is 0 Å². The summed E-state index contributed by atoms with van der Waals surface area (Å²) in [4.78, 5) is 64.5. The van der Waals surface area contributed by atoms with E-state index in [4.69, 9.17) is 11.6 Å². The number of amides is 3. The van der Waals surface area contributed by atoms with Gasteiger partial charge in [0, 0.05) is 29.3 Å². The first kappa shape index (κ1) is 25.5. The number of anilines is 1. The van der Waals surface area contributed by atoms with Gasteiger partial charge in [-0.05, 0) is 42.0 Å². The van der Waals surface area contributed by atoms with E-state index in [1.54, 1.807) is 24.3 Å². The first-order valence-electron chi connectivity index (χ1n) is 11.0. The fourth-order valence-corrected chi connectivity index (χ4v) is 4.24.